The highest BCUT2D eigenvalue weighted by Gasteiger charge is 2.14. The fourth-order valence-electron chi connectivity index (χ4n) is 2.78. The number of thioether (sulfide) groups is 1. The summed E-state index contributed by atoms with van der Waals surface area (Å²) < 4.78 is 7.74. The van der Waals surface area contributed by atoms with Gasteiger partial charge in [0.15, 0.2) is 5.16 Å². The largest absolute Gasteiger partial charge is 0.467 e. The molecule has 0 radical (unpaired) electrons. The second-order valence-corrected chi connectivity index (χ2v) is 8.22. The lowest BCUT2D eigenvalue weighted by atomic mass is 10.2. The van der Waals surface area contributed by atoms with Crippen molar-refractivity contribution in [2.45, 2.75) is 44.4 Å². The molecule has 0 aliphatic heterocycles. The molecule has 6 nitrogen and oxygen atoms in total. The number of aromatic nitrogens is 2. The summed E-state index contributed by atoms with van der Waals surface area (Å²) >= 11 is 4.70. The Morgan fingerprint density at radius 3 is 2.93 bits per heavy atom. The molecule has 0 aliphatic rings. The van der Waals surface area contributed by atoms with E-state index in [0.29, 0.717) is 34.9 Å². The van der Waals surface area contributed by atoms with Crippen molar-refractivity contribution < 1.29 is 9.21 Å². The van der Waals surface area contributed by atoms with E-state index < -0.39 is 0 Å². The summed E-state index contributed by atoms with van der Waals surface area (Å²) in [6, 6.07) is 9.06. The molecule has 1 aromatic carbocycles. The topological polar surface area (TPSA) is 77.1 Å². The monoisotopic (exact) mass is 463 g/mol. The summed E-state index contributed by atoms with van der Waals surface area (Å²) in [5.41, 5.74) is 0.569. The van der Waals surface area contributed by atoms with E-state index in [0.717, 1.165) is 23.7 Å². The normalized spacial score (nSPS) is 11.1. The maximum Gasteiger partial charge on any atom is 0.262 e. The zero-order chi connectivity index (χ0) is 19.9. The molecular weight excluding hydrogens is 442 g/mol. The fraction of sp³-hybridized carbons (Fsp3) is 0.350. The minimum Gasteiger partial charge on any atom is -0.467 e. The van der Waals surface area contributed by atoms with Crippen LogP contribution in [0.2, 0.25) is 0 Å². The van der Waals surface area contributed by atoms with Gasteiger partial charge < -0.3 is 9.73 Å². The van der Waals surface area contributed by atoms with E-state index in [2.05, 4.69) is 33.2 Å². The fourth-order valence-corrected chi connectivity index (χ4v) is 4.00. The van der Waals surface area contributed by atoms with Crippen molar-refractivity contribution in [2.75, 3.05) is 5.75 Å². The molecule has 0 atom stereocenters. The Morgan fingerprint density at radius 2 is 2.18 bits per heavy atom. The highest BCUT2D eigenvalue weighted by atomic mass is 79.9. The van der Waals surface area contributed by atoms with Crippen LogP contribution in [0.1, 0.15) is 31.9 Å². The minimum absolute atomic E-state index is 0.0686. The molecule has 0 spiro atoms. The van der Waals surface area contributed by atoms with Crippen LogP contribution in [0.3, 0.4) is 0 Å². The van der Waals surface area contributed by atoms with E-state index in [-0.39, 0.29) is 17.2 Å². The molecule has 28 heavy (non-hydrogen) atoms. The van der Waals surface area contributed by atoms with E-state index >= 15 is 0 Å². The third-order valence-corrected chi connectivity index (χ3v) is 5.71. The summed E-state index contributed by atoms with van der Waals surface area (Å²) in [4.78, 5) is 29.8. The predicted octanol–water partition coefficient (Wildman–Crippen LogP) is 4.35. The first-order valence-electron chi connectivity index (χ1n) is 9.20. The number of carbonyl (C=O) groups is 1. The summed E-state index contributed by atoms with van der Waals surface area (Å²) in [6.45, 7) is 3.06. The number of benzene rings is 1. The Morgan fingerprint density at radius 1 is 1.32 bits per heavy atom. The van der Waals surface area contributed by atoms with Gasteiger partial charge in [-0.3, -0.25) is 14.2 Å². The molecule has 2 heterocycles. The SMILES string of the molecule is CCCCCn1c(SCC(=O)NCc2ccco2)nc2ccc(Br)cc2c1=O. The first-order valence-corrected chi connectivity index (χ1v) is 11.0. The number of rotatable bonds is 9. The highest BCUT2D eigenvalue weighted by Crippen LogP contribution is 2.21. The summed E-state index contributed by atoms with van der Waals surface area (Å²) in [7, 11) is 0. The maximum atomic E-state index is 13.0. The lowest BCUT2D eigenvalue weighted by molar-refractivity contribution is -0.118. The first-order chi connectivity index (χ1) is 13.6. The zero-order valence-electron chi connectivity index (χ0n) is 15.6. The molecule has 8 heteroatoms. The molecule has 0 saturated carbocycles. The Bertz CT molecular complexity index is 1000. The maximum absolute atomic E-state index is 13.0. The van der Waals surface area contributed by atoms with Crippen LogP contribution in [-0.4, -0.2) is 21.2 Å². The zero-order valence-corrected chi connectivity index (χ0v) is 18.0. The number of halogens is 1. The van der Waals surface area contributed by atoms with Gasteiger partial charge in [-0.2, -0.15) is 0 Å². The van der Waals surface area contributed by atoms with Crippen molar-refractivity contribution in [1.29, 1.82) is 0 Å². The molecule has 2 aromatic heterocycles. The van der Waals surface area contributed by atoms with E-state index in [9.17, 15) is 9.59 Å². The van der Waals surface area contributed by atoms with Crippen molar-refractivity contribution in [3.63, 3.8) is 0 Å². The van der Waals surface area contributed by atoms with Gasteiger partial charge in [0.2, 0.25) is 5.91 Å². The van der Waals surface area contributed by atoms with Gasteiger partial charge in [0.1, 0.15) is 5.76 Å². The van der Waals surface area contributed by atoms with Gasteiger partial charge in [0.25, 0.3) is 5.56 Å². The van der Waals surface area contributed by atoms with Gasteiger partial charge >= 0.3 is 0 Å². The van der Waals surface area contributed by atoms with Gasteiger partial charge in [-0.05, 0) is 36.8 Å². The molecular formula is C20H22BrN3O3S. The van der Waals surface area contributed by atoms with Crippen LogP contribution in [0.5, 0.6) is 0 Å². The van der Waals surface area contributed by atoms with Gasteiger partial charge in [-0.15, -0.1) is 0 Å². The molecule has 148 valence electrons. The second-order valence-electron chi connectivity index (χ2n) is 6.36. The standard InChI is InChI=1S/C20H22BrN3O3S/c1-2-3-4-9-24-19(26)16-11-14(21)7-8-17(16)23-20(24)28-13-18(25)22-12-15-6-5-10-27-15/h5-8,10-11H,2-4,9,12-13H2,1H3,(H,22,25). The van der Waals surface area contributed by atoms with Crippen molar-refractivity contribution in [2.24, 2.45) is 0 Å². The number of fused-ring (bicyclic) bond motifs is 1. The van der Waals surface area contributed by atoms with E-state index in [1.54, 1.807) is 23.0 Å². The van der Waals surface area contributed by atoms with Crippen LogP contribution in [0.25, 0.3) is 10.9 Å². The minimum atomic E-state index is -0.133. The third kappa shape index (κ3) is 5.26. The molecule has 3 aromatic rings. The number of hydrogen-bond acceptors (Lipinski definition) is 5. The summed E-state index contributed by atoms with van der Waals surface area (Å²) in [5.74, 6) is 0.749. The van der Waals surface area contributed by atoms with Gasteiger partial charge in [0, 0.05) is 11.0 Å². The van der Waals surface area contributed by atoms with Crippen LogP contribution in [0.15, 0.2) is 55.4 Å². The molecule has 0 saturated heterocycles. The van der Waals surface area contributed by atoms with E-state index in [1.807, 2.05) is 18.2 Å². The second kappa shape index (κ2) is 9.93. The number of unbranched alkanes of at least 4 members (excludes halogenated alkanes) is 2. The number of nitrogens with zero attached hydrogens (tertiary/aromatic N) is 2. The molecule has 0 fully saturated rings. The van der Waals surface area contributed by atoms with Gasteiger partial charge in [-0.25, -0.2) is 4.98 Å². The van der Waals surface area contributed by atoms with Crippen LogP contribution in [0, 0.1) is 0 Å². The smallest absolute Gasteiger partial charge is 0.262 e. The molecule has 0 aliphatic carbocycles. The average Bonchev–Trinajstić information content (AvgIpc) is 3.21. The quantitative estimate of drug-likeness (QED) is 0.290. The number of carbonyl (C=O) groups excluding carboxylic acids is 1. The molecule has 0 bridgehead atoms. The van der Waals surface area contributed by atoms with Crippen molar-refractivity contribution in [3.05, 3.63) is 57.2 Å². The number of hydrogen-bond donors (Lipinski definition) is 1. The van der Waals surface area contributed by atoms with Crippen molar-refractivity contribution >= 4 is 44.5 Å². The van der Waals surface area contributed by atoms with Crippen LogP contribution < -0.4 is 10.9 Å². The van der Waals surface area contributed by atoms with Crippen LogP contribution >= 0.6 is 27.7 Å². The molecule has 1 amide bonds. The lowest BCUT2D eigenvalue weighted by Gasteiger charge is -2.13. The Balaban J connectivity index is 1.77. The predicted molar refractivity (Wildman–Crippen MR) is 115 cm³/mol. The molecule has 1 N–H and O–H groups in total. The Kier molecular flexibility index (Phi) is 7.33. The van der Waals surface area contributed by atoms with E-state index in [1.165, 1.54) is 11.8 Å². The lowest BCUT2D eigenvalue weighted by Crippen LogP contribution is -2.26. The molecule has 3 rings (SSSR count). The van der Waals surface area contributed by atoms with E-state index in [4.69, 9.17) is 4.42 Å². The van der Waals surface area contributed by atoms with Crippen LogP contribution in [0.4, 0.5) is 0 Å². The van der Waals surface area contributed by atoms with Crippen molar-refractivity contribution in [3.8, 4) is 0 Å². The average molecular weight is 464 g/mol. The number of furan rings is 1. The van der Waals surface area contributed by atoms with Crippen LogP contribution in [-0.2, 0) is 17.9 Å². The number of amides is 1. The highest BCUT2D eigenvalue weighted by molar-refractivity contribution is 9.10. The summed E-state index contributed by atoms with van der Waals surface area (Å²) in [6.07, 6.45) is 4.58. The van der Waals surface area contributed by atoms with Gasteiger partial charge in [-0.1, -0.05) is 47.5 Å². The summed E-state index contributed by atoms with van der Waals surface area (Å²) in [5, 5.41) is 3.97. The Hall–Kier alpha value is -2.06. The third-order valence-electron chi connectivity index (χ3n) is 4.24. The van der Waals surface area contributed by atoms with Crippen molar-refractivity contribution in [1.82, 2.24) is 14.9 Å². The van der Waals surface area contributed by atoms with Gasteiger partial charge in [0.05, 0.1) is 29.5 Å². The number of nitrogens with one attached hydrogen (secondary N) is 1. The Labute approximate surface area is 175 Å². The molecule has 0 unspecified atom stereocenters. The first kappa shape index (κ1) is 20.7.